The number of amides is 3. The van der Waals surface area contributed by atoms with Crippen molar-refractivity contribution >= 4 is 33.6 Å². The molecule has 2 aliphatic rings. The zero-order valence-corrected chi connectivity index (χ0v) is 19.1. The average molecular weight is 492 g/mol. The molecule has 6 nitrogen and oxygen atoms in total. The predicted octanol–water partition coefficient (Wildman–Crippen LogP) is 5.15. The van der Waals surface area contributed by atoms with Crippen LogP contribution in [0.4, 0.5) is 10.5 Å². The van der Waals surface area contributed by atoms with Crippen molar-refractivity contribution in [1.82, 2.24) is 10.6 Å². The zero-order chi connectivity index (χ0) is 22.3. The summed E-state index contributed by atoms with van der Waals surface area (Å²) in [6, 6.07) is 22.2. The van der Waals surface area contributed by atoms with E-state index < -0.39 is 5.72 Å². The number of urea groups is 1. The lowest BCUT2D eigenvalue weighted by Gasteiger charge is -2.50. The van der Waals surface area contributed by atoms with Gasteiger partial charge < -0.3 is 15.4 Å². The van der Waals surface area contributed by atoms with E-state index in [1.807, 2.05) is 61.5 Å². The van der Waals surface area contributed by atoms with Crippen LogP contribution in [0.2, 0.25) is 0 Å². The topological polar surface area (TPSA) is 70.7 Å². The minimum Gasteiger partial charge on any atom is -0.467 e. The number of ether oxygens (including phenoxy) is 1. The van der Waals surface area contributed by atoms with Gasteiger partial charge in [-0.25, -0.2) is 4.79 Å². The van der Waals surface area contributed by atoms with Crippen molar-refractivity contribution in [2.24, 2.45) is 0 Å². The molecule has 0 unspecified atom stereocenters. The number of hydrogen-bond acceptors (Lipinski definition) is 3. The highest BCUT2D eigenvalue weighted by atomic mass is 79.9. The Morgan fingerprint density at radius 3 is 2.78 bits per heavy atom. The van der Waals surface area contributed by atoms with E-state index >= 15 is 0 Å². The van der Waals surface area contributed by atoms with Gasteiger partial charge in [0.15, 0.2) is 5.72 Å². The number of benzene rings is 3. The molecule has 2 heterocycles. The second-order valence-electron chi connectivity index (χ2n) is 8.22. The van der Waals surface area contributed by atoms with Gasteiger partial charge in [0.1, 0.15) is 5.75 Å². The van der Waals surface area contributed by atoms with Crippen molar-refractivity contribution in [3.05, 3.63) is 94.0 Å². The fourth-order valence-electron chi connectivity index (χ4n) is 4.40. The van der Waals surface area contributed by atoms with Gasteiger partial charge in [-0.2, -0.15) is 0 Å². The monoisotopic (exact) mass is 491 g/mol. The van der Waals surface area contributed by atoms with Gasteiger partial charge in [-0.3, -0.25) is 9.69 Å². The third-order valence-electron chi connectivity index (χ3n) is 5.90. The first kappa shape index (κ1) is 20.6. The SMILES string of the molecule is C[C@@]12C[C@@H](NC(=O)N1c1cccc(C(=O)NCc3ccccc3)c1)c1cc(Br)ccc1O2. The number of nitrogens with zero attached hydrogens (tertiary/aromatic N) is 1. The van der Waals surface area contributed by atoms with Gasteiger partial charge in [0, 0.05) is 28.6 Å². The molecule has 3 amide bonds. The Morgan fingerprint density at radius 1 is 1.16 bits per heavy atom. The summed E-state index contributed by atoms with van der Waals surface area (Å²) < 4.78 is 7.27. The standard InChI is InChI=1S/C25H22BrN3O3/c1-25-14-21(20-13-18(26)10-11-22(20)32-25)28-24(31)29(25)19-9-5-8-17(12-19)23(30)27-15-16-6-3-2-4-7-16/h2-13,21H,14-15H2,1H3,(H,27,30)(H,28,31)/t21-,25-/m1/s1. The second kappa shape index (κ2) is 7.98. The Kier molecular flexibility index (Phi) is 5.13. The lowest BCUT2D eigenvalue weighted by atomic mass is 9.90. The number of carbonyl (C=O) groups excluding carboxylic acids is 2. The second-order valence-corrected chi connectivity index (χ2v) is 9.14. The fourth-order valence-corrected chi connectivity index (χ4v) is 4.78. The molecule has 2 bridgehead atoms. The largest absolute Gasteiger partial charge is 0.467 e. The van der Waals surface area contributed by atoms with Crippen LogP contribution in [0.5, 0.6) is 5.75 Å². The molecule has 0 radical (unpaired) electrons. The molecule has 3 aromatic rings. The van der Waals surface area contributed by atoms with E-state index in [0.717, 1.165) is 21.3 Å². The molecule has 2 atom stereocenters. The van der Waals surface area contributed by atoms with Crippen LogP contribution in [-0.4, -0.2) is 17.7 Å². The summed E-state index contributed by atoms with van der Waals surface area (Å²) in [7, 11) is 0. The molecule has 0 spiro atoms. The fraction of sp³-hybridized carbons (Fsp3) is 0.200. The smallest absolute Gasteiger partial charge is 0.325 e. The van der Waals surface area contributed by atoms with Crippen LogP contribution >= 0.6 is 15.9 Å². The van der Waals surface area contributed by atoms with E-state index in [1.54, 1.807) is 23.1 Å². The molecule has 1 fully saturated rings. The van der Waals surface area contributed by atoms with Gasteiger partial charge >= 0.3 is 6.03 Å². The Balaban J connectivity index is 1.41. The third kappa shape index (κ3) is 3.73. The number of fused-ring (bicyclic) bond motifs is 4. The first-order valence-corrected chi connectivity index (χ1v) is 11.2. The van der Waals surface area contributed by atoms with Crippen LogP contribution in [0, 0.1) is 0 Å². The molecule has 7 heteroatoms. The summed E-state index contributed by atoms with van der Waals surface area (Å²) in [6.45, 7) is 2.34. The molecule has 3 aromatic carbocycles. The van der Waals surface area contributed by atoms with E-state index in [2.05, 4.69) is 26.6 Å². The first-order valence-electron chi connectivity index (χ1n) is 10.4. The van der Waals surface area contributed by atoms with Crippen LogP contribution in [0.1, 0.15) is 40.9 Å². The third-order valence-corrected chi connectivity index (χ3v) is 6.39. The van der Waals surface area contributed by atoms with Gasteiger partial charge in [0.2, 0.25) is 0 Å². The maximum atomic E-state index is 13.1. The number of anilines is 1. The summed E-state index contributed by atoms with van der Waals surface area (Å²) in [5.41, 5.74) is 2.20. The molecule has 0 saturated carbocycles. The highest BCUT2D eigenvalue weighted by Gasteiger charge is 2.49. The lowest BCUT2D eigenvalue weighted by molar-refractivity contribution is 0.0378. The van der Waals surface area contributed by atoms with Gasteiger partial charge in [0.05, 0.1) is 11.7 Å². The molecule has 5 rings (SSSR count). The number of hydrogen-bond donors (Lipinski definition) is 2. The van der Waals surface area contributed by atoms with Crippen LogP contribution in [-0.2, 0) is 6.54 Å². The summed E-state index contributed by atoms with van der Waals surface area (Å²) in [5, 5.41) is 6.02. The summed E-state index contributed by atoms with van der Waals surface area (Å²) in [6.07, 6.45) is 0.590. The van der Waals surface area contributed by atoms with Gasteiger partial charge in [0.25, 0.3) is 5.91 Å². The molecule has 32 heavy (non-hydrogen) atoms. The lowest BCUT2D eigenvalue weighted by Crippen LogP contribution is -2.65. The van der Waals surface area contributed by atoms with E-state index in [4.69, 9.17) is 4.74 Å². The Morgan fingerprint density at radius 2 is 1.97 bits per heavy atom. The minimum absolute atomic E-state index is 0.137. The molecular weight excluding hydrogens is 470 g/mol. The number of rotatable bonds is 4. The van der Waals surface area contributed by atoms with Gasteiger partial charge in [-0.1, -0.05) is 52.3 Å². The molecule has 1 saturated heterocycles. The van der Waals surface area contributed by atoms with Crippen molar-refractivity contribution in [2.75, 3.05) is 4.90 Å². The number of nitrogens with one attached hydrogen (secondary N) is 2. The number of carbonyl (C=O) groups is 2. The first-order chi connectivity index (χ1) is 15.4. The van der Waals surface area contributed by atoms with Crippen molar-refractivity contribution in [1.29, 1.82) is 0 Å². The normalized spacial score (nSPS) is 21.2. The highest BCUT2D eigenvalue weighted by Crippen LogP contribution is 2.46. The van der Waals surface area contributed by atoms with Crippen molar-refractivity contribution < 1.29 is 14.3 Å². The maximum Gasteiger partial charge on any atom is 0.325 e. The molecule has 162 valence electrons. The van der Waals surface area contributed by atoms with E-state index in [9.17, 15) is 9.59 Å². The summed E-state index contributed by atoms with van der Waals surface area (Å²) in [4.78, 5) is 27.5. The molecular formula is C25H22BrN3O3. The number of halogens is 1. The predicted molar refractivity (Wildman–Crippen MR) is 126 cm³/mol. The van der Waals surface area contributed by atoms with Crippen LogP contribution in [0.15, 0.2) is 77.3 Å². The van der Waals surface area contributed by atoms with Crippen molar-refractivity contribution in [3.63, 3.8) is 0 Å². The Bertz CT molecular complexity index is 1200. The van der Waals surface area contributed by atoms with Crippen molar-refractivity contribution in [2.45, 2.75) is 31.7 Å². The maximum absolute atomic E-state index is 13.1. The minimum atomic E-state index is -0.868. The average Bonchev–Trinajstić information content (AvgIpc) is 2.78. The highest BCUT2D eigenvalue weighted by molar-refractivity contribution is 9.10. The molecule has 2 aliphatic heterocycles. The van der Waals surface area contributed by atoms with E-state index in [-0.39, 0.29) is 18.0 Å². The van der Waals surface area contributed by atoms with Crippen LogP contribution in [0.25, 0.3) is 0 Å². The van der Waals surface area contributed by atoms with E-state index in [1.165, 1.54) is 0 Å². The summed E-state index contributed by atoms with van der Waals surface area (Å²) >= 11 is 3.49. The van der Waals surface area contributed by atoms with E-state index in [0.29, 0.717) is 24.2 Å². The summed E-state index contributed by atoms with van der Waals surface area (Å²) in [5.74, 6) is 0.546. The molecule has 0 aliphatic carbocycles. The molecule has 2 N–H and O–H groups in total. The quantitative estimate of drug-likeness (QED) is 0.530. The van der Waals surface area contributed by atoms with Gasteiger partial charge in [-0.05, 0) is 48.9 Å². The Hall–Kier alpha value is -3.32. The Labute approximate surface area is 194 Å². The van der Waals surface area contributed by atoms with Crippen LogP contribution in [0.3, 0.4) is 0 Å². The van der Waals surface area contributed by atoms with Crippen molar-refractivity contribution in [3.8, 4) is 5.75 Å². The van der Waals surface area contributed by atoms with Gasteiger partial charge in [-0.15, -0.1) is 0 Å². The molecule has 0 aromatic heterocycles. The zero-order valence-electron chi connectivity index (χ0n) is 17.5. The van der Waals surface area contributed by atoms with Crippen LogP contribution < -0.4 is 20.3 Å².